The zero-order valence-electron chi connectivity index (χ0n) is 18.6. The number of urea groups is 1. The highest BCUT2D eigenvalue weighted by Crippen LogP contribution is 2.36. The summed E-state index contributed by atoms with van der Waals surface area (Å²) >= 11 is 1.19. The van der Waals surface area contributed by atoms with Gasteiger partial charge in [0.25, 0.3) is 0 Å². The summed E-state index contributed by atoms with van der Waals surface area (Å²) in [7, 11) is 0. The maximum atomic E-state index is 12.8. The number of nitrogens with two attached hydrogens (primary N) is 1. The van der Waals surface area contributed by atoms with Crippen LogP contribution in [0, 0.1) is 0 Å². The van der Waals surface area contributed by atoms with Crippen molar-refractivity contribution in [3.05, 3.63) is 65.5 Å². The van der Waals surface area contributed by atoms with E-state index in [1.165, 1.54) is 22.7 Å². The molecule has 0 aliphatic carbocycles. The number of nitrogens with one attached hydrogen (secondary N) is 2. The van der Waals surface area contributed by atoms with E-state index in [0.29, 0.717) is 33.9 Å². The predicted octanol–water partition coefficient (Wildman–Crippen LogP) is 2.06. The third-order valence-corrected chi connectivity index (χ3v) is 6.28. The highest BCUT2D eigenvalue weighted by atomic mass is 32.2. The number of hydrogen-bond acceptors (Lipinski definition) is 10. The number of benzene rings is 1. The van der Waals surface area contributed by atoms with Crippen molar-refractivity contribution in [2.75, 3.05) is 24.8 Å². The van der Waals surface area contributed by atoms with Crippen molar-refractivity contribution in [3.63, 3.8) is 0 Å². The van der Waals surface area contributed by atoms with Gasteiger partial charge in [-0.1, -0.05) is 23.9 Å². The molecular formula is C22H22N6O6S. The lowest BCUT2D eigenvalue weighted by atomic mass is 10.0. The number of carbonyl (C=O) groups excluding carboxylic acids is 2. The van der Waals surface area contributed by atoms with Crippen molar-refractivity contribution in [2.24, 2.45) is 0 Å². The minimum absolute atomic E-state index is 0.166. The molecule has 0 saturated carbocycles. The first kappa shape index (κ1) is 22.7. The van der Waals surface area contributed by atoms with E-state index in [1.54, 1.807) is 25.1 Å². The Morgan fingerprint density at radius 2 is 2.09 bits per heavy atom. The summed E-state index contributed by atoms with van der Waals surface area (Å²) in [6.45, 7) is 2.11. The fraction of sp³-hybridized carbons (Fsp3) is 0.273. The van der Waals surface area contributed by atoms with Gasteiger partial charge in [0.2, 0.25) is 5.16 Å². The molecule has 0 fully saturated rings. The molecule has 13 heteroatoms. The third-order valence-electron chi connectivity index (χ3n) is 5.31. The molecule has 182 valence electrons. The van der Waals surface area contributed by atoms with Crippen molar-refractivity contribution in [1.29, 1.82) is 0 Å². The van der Waals surface area contributed by atoms with Gasteiger partial charge < -0.3 is 35.1 Å². The lowest BCUT2D eigenvalue weighted by molar-refractivity contribution is -0.139. The summed E-state index contributed by atoms with van der Waals surface area (Å²) in [5.41, 5.74) is 0.590. The SMILES string of the molecule is CCOC(=O)C1=C(CSc2nnc([C@@H]3COc4ccccc4O3)n2N)NC(=O)N[C@@H]1c1ccco1. The number of hydrogen-bond donors (Lipinski definition) is 3. The number of fused-ring (bicyclic) bond motifs is 1. The number of para-hydroxylation sites is 2. The average molecular weight is 499 g/mol. The quantitative estimate of drug-likeness (QED) is 0.250. The molecule has 0 saturated heterocycles. The first-order valence-electron chi connectivity index (χ1n) is 10.8. The van der Waals surface area contributed by atoms with Crippen LogP contribution in [0.2, 0.25) is 0 Å². The summed E-state index contributed by atoms with van der Waals surface area (Å²) in [4.78, 5) is 25.1. The summed E-state index contributed by atoms with van der Waals surface area (Å²) in [5, 5.41) is 14.1. The molecule has 35 heavy (non-hydrogen) atoms. The van der Waals surface area contributed by atoms with Crippen molar-refractivity contribution in [2.45, 2.75) is 24.2 Å². The van der Waals surface area contributed by atoms with Crippen molar-refractivity contribution < 1.29 is 28.2 Å². The van der Waals surface area contributed by atoms with E-state index < -0.39 is 24.1 Å². The highest BCUT2D eigenvalue weighted by Gasteiger charge is 2.35. The molecule has 2 atom stereocenters. The van der Waals surface area contributed by atoms with E-state index in [2.05, 4.69) is 20.8 Å². The second-order valence-electron chi connectivity index (χ2n) is 7.52. The van der Waals surface area contributed by atoms with Crippen LogP contribution in [0.4, 0.5) is 4.79 Å². The van der Waals surface area contributed by atoms with Crippen LogP contribution in [-0.4, -0.2) is 45.8 Å². The number of ether oxygens (including phenoxy) is 3. The molecule has 4 N–H and O–H groups in total. The lowest BCUT2D eigenvalue weighted by Gasteiger charge is -2.27. The summed E-state index contributed by atoms with van der Waals surface area (Å²) in [6, 6.07) is 9.39. The van der Waals surface area contributed by atoms with E-state index in [1.807, 2.05) is 18.2 Å². The Morgan fingerprint density at radius 3 is 2.86 bits per heavy atom. The molecule has 12 nitrogen and oxygen atoms in total. The molecule has 2 amide bonds. The lowest BCUT2D eigenvalue weighted by Crippen LogP contribution is -2.46. The number of nitrogens with zero attached hydrogens (tertiary/aromatic N) is 3. The van der Waals surface area contributed by atoms with Crippen LogP contribution in [0.15, 0.2) is 63.5 Å². The van der Waals surface area contributed by atoms with Gasteiger partial charge in [-0.2, -0.15) is 0 Å². The van der Waals surface area contributed by atoms with Crippen LogP contribution >= 0.6 is 11.8 Å². The number of rotatable bonds is 7. The molecular weight excluding hydrogens is 476 g/mol. The smallest absolute Gasteiger partial charge is 0.338 e. The van der Waals surface area contributed by atoms with Crippen LogP contribution in [0.1, 0.15) is 30.7 Å². The zero-order chi connectivity index (χ0) is 24.4. The van der Waals surface area contributed by atoms with Gasteiger partial charge in [-0.15, -0.1) is 10.2 Å². The zero-order valence-corrected chi connectivity index (χ0v) is 19.4. The average Bonchev–Trinajstić information content (AvgIpc) is 3.52. The number of carbonyl (C=O) groups is 2. The van der Waals surface area contributed by atoms with Crippen LogP contribution < -0.4 is 25.9 Å². The maximum Gasteiger partial charge on any atom is 0.338 e. The van der Waals surface area contributed by atoms with Crippen LogP contribution in [0.5, 0.6) is 11.5 Å². The molecule has 0 bridgehead atoms. The Hall–Kier alpha value is -4.13. The monoisotopic (exact) mass is 498 g/mol. The van der Waals surface area contributed by atoms with E-state index in [9.17, 15) is 9.59 Å². The third kappa shape index (κ3) is 4.49. The molecule has 0 unspecified atom stereocenters. The Morgan fingerprint density at radius 1 is 1.26 bits per heavy atom. The Balaban J connectivity index is 1.38. The molecule has 5 rings (SSSR count). The summed E-state index contributed by atoms with van der Waals surface area (Å²) in [6.07, 6.45) is 0.919. The minimum Gasteiger partial charge on any atom is -0.485 e. The minimum atomic E-state index is -0.799. The number of furan rings is 1. The fourth-order valence-corrected chi connectivity index (χ4v) is 4.57. The Kier molecular flexibility index (Phi) is 6.23. The summed E-state index contributed by atoms with van der Waals surface area (Å²) < 4.78 is 23.7. The number of esters is 1. The molecule has 2 aliphatic rings. The van der Waals surface area contributed by atoms with E-state index in [0.717, 1.165) is 0 Å². The van der Waals surface area contributed by atoms with Crippen molar-refractivity contribution in [3.8, 4) is 11.5 Å². The molecule has 1 aromatic carbocycles. The van der Waals surface area contributed by atoms with Gasteiger partial charge in [0.1, 0.15) is 18.4 Å². The standard InChI is InChI=1S/C22H22N6O6S/c1-2-31-20(29)17-12(24-21(30)25-18(17)15-8-5-9-32-15)11-35-22-27-26-19(28(22)23)16-10-33-13-6-3-4-7-14(13)34-16/h3-9,16,18H,2,10-11,23H2,1H3,(H2,24,25,30)/t16-,18+/m0/s1. The van der Waals surface area contributed by atoms with Gasteiger partial charge in [0, 0.05) is 11.4 Å². The van der Waals surface area contributed by atoms with E-state index >= 15 is 0 Å². The van der Waals surface area contributed by atoms with Gasteiger partial charge in [-0.25, -0.2) is 14.3 Å². The first-order chi connectivity index (χ1) is 17.0. The molecule has 2 aliphatic heterocycles. The number of aromatic nitrogens is 3. The number of thioether (sulfide) groups is 1. The largest absolute Gasteiger partial charge is 0.485 e. The molecule has 0 spiro atoms. The predicted molar refractivity (Wildman–Crippen MR) is 123 cm³/mol. The van der Waals surface area contributed by atoms with Crippen LogP contribution in [0.3, 0.4) is 0 Å². The van der Waals surface area contributed by atoms with Gasteiger partial charge in [0.15, 0.2) is 23.4 Å². The van der Waals surface area contributed by atoms with E-state index in [-0.39, 0.29) is 24.5 Å². The molecule has 0 radical (unpaired) electrons. The van der Waals surface area contributed by atoms with Gasteiger partial charge in [-0.3, -0.25) is 0 Å². The molecule has 4 heterocycles. The maximum absolute atomic E-state index is 12.8. The van der Waals surface area contributed by atoms with Gasteiger partial charge >= 0.3 is 12.0 Å². The highest BCUT2D eigenvalue weighted by molar-refractivity contribution is 7.99. The molecule has 3 aromatic rings. The van der Waals surface area contributed by atoms with Crippen molar-refractivity contribution >= 4 is 23.8 Å². The Bertz CT molecular complexity index is 1270. The van der Waals surface area contributed by atoms with Crippen LogP contribution in [0.25, 0.3) is 0 Å². The second-order valence-corrected chi connectivity index (χ2v) is 8.47. The summed E-state index contributed by atoms with van der Waals surface area (Å²) in [5.74, 6) is 7.87. The fourth-order valence-electron chi connectivity index (χ4n) is 3.74. The molecule has 2 aromatic heterocycles. The topological polar surface area (TPSA) is 156 Å². The first-order valence-corrected chi connectivity index (χ1v) is 11.8. The van der Waals surface area contributed by atoms with Crippen LogP contribution in [-0.2, 0) is 9.53 Å². The number of amides is 2. The van der Waals surface area contributed by atoms with Crippen molar-refractivity contribution in [1.82, 2.24) is 25.5 Å². The van der Waals surface area contributed by atoms with E-state index in [4.69, 9.17) is 24.5 Å². The van der Waals surface area contributed by atoms with Gasteiger partial charge in [-0.05, 0) is 31.2 Å². The normalized spacial score (nSPS) is 19.2. The number of nitrogen functional groups attached to an aromatic ring is 1. The Labute approximate surface area is 203 Å². The van der Waals surface area contributed by atoms with Gasteiger partial charge in [0.05, 0.1) is 18.4 Å². The second kappa shape index (κ2) is 9.62.